The quantitative estimate of drug-likeness (QED) is 0.862. The van der Waals surface area contributed by atoms with E-state index in [0.29, 0.717) is 30.0 Å². The molecule has 0 aromatic heterocycles. The van der Waals surface area contributed by atoms with Crippen molar-refractivity contribution in [1.82, 2.24) is 10.2 Å². The summed E-state index contributed by atoms with van der Waals surface area (Å²) < 4.78 is 0. The molecule has 3 nitrogen and oxygen atoms in total. The first-order valence-electron chi connectivity index (χ1n) is 7.75. The van der Waals surface area contributed by atoms with Gasteiger partial charge in [0.15, 0.2) is 0 Å². The molecule has 0 aromatic rings. The van der Waals surface area contributed by atoms with Gasteiger partial charge in [0.2, 0.25) is 5.91 Å². The van der Waals surface area contributed by atoms with Gasteiger partial charge in [-0.25, -0.2) is 0 Å². The Morgan fingerprint density at radius 2 is 1.68 bits per heavy atom. The molecular weight excluding hydrogens is 260 g/mol. The van der Waals surface area contributed by atoms with Crippen molar-refractivity contribution >= 4 is 18.3 Å². The van der Waals surface area contributed by atoms with Crippen molar-refractivity contribution in [2.75, 3.05) is 7.05 Å². The van der Waals surface area contributed by atoms with Crippen LogP contribution in [0.3, 0.4) is 0 Å². The smallest absolute Gasteiger partial charge is 0.225 e. The summed E-state index contributed by atoms with van der Waals surface area (Å²) in [7, 11) is 2.06. The molecule has 2 bridgehead atoms. The predicted molar refractivity (Wildman–Crippen MR) is 77.3 cm³/mol. The maximum absolute atomic E-state index is 12.5. The molecule has 4 aliphatic rings. The molecule has 0 spiro atoms. The van der Waals surface area contributed by atoms with E-state index in [9.17, 15) is 4.79 Å². The predicted octanol–water partition coefficient (Wildman–Crippen LogP) is 2.20. The van der Waals surface area contributed by atoms with Crippen LogP contribution in [-0.2, 0) is 4.79 Å². The molecule has 2 aliphatic carbocycles. The van der Waals surface area contributed by atoms with E-state index in [2.05, 4.69) is 17.3 Å². The number of nitrogens with one attached hydrogen (secondary N) is 1. The highest BCUT2D eigenvalue weighted by molar-refractivity contribution is 5.85. The second-order valence-corrected chi connectivity index (χ2v) is 7.06. The first-order valence-corrected chi connectivity index (χ1v) is 7.75. The fourth-order valence-electron chi connectivity index (χ4n) is 4.33. The van der Waals surface area contributed by atoms with Gasteiger partial charge in [0.1, 0.15) is 0 Å². The first-order chi connectivity index (χ1) is 8.72. The minimum Gasteiger partial charge on any atom is -0.342 e. The van der Waals surface area contributed by atoms with E-state index in [0.717, 1.165) is 11.8 Å². The number of carbonyl (C=O) groups is 1. The number of carbonyl (C=O) groups excluding carboxylic acids is 1. The Morgan fingerprint density at radius 1 is 1.05 bits per heavy atom. The molecule has 108 valence electrons. The van der Waals surface area contributed by atoms with Crippen LogP contribution in [0.4, 0.5) is 0 Å². The highest BCUT2D eigenvalue weighted by Crippen LogP contribution is 2.55. The van der Waals surface area contributed by atoms with Crippen LogP contribution in [0.1, 0.15) is 44.9 Å². The van der Waals surface area contributed by atoms with E-state index in [1.54, 1.807) is 0 Å². The minimum absolute atomic E-state index is 0. The largest absolute Gasteiger partial charge is 0.342 e. The third-order valence-corrected chi connectivity index (χ3v) is 5.73. The number of piperidine rings is 1. The summed E-state index contributed by atoms with van der Waals surface area (Å²) in [6, 6.07) is 1.88. The zero-order valence-electron chi connectivity index (χ0n) is 11.7. The molecule has 4 heteroatoms. The van der Waals surface area contributed by atoms with Crippen LogP contribution >= 0.6 is 12.4 Å². The molecule has 2 saturated heterocycles. The van der Waals surface area contributed by atoms with Gasteiger partial charge in [-0.2, -0.15) is 0 Å². The van der Waals surface area contributed by atoms with E-state index in [4.69, 9.17) is 0 Å². The highest BCUT2D eigenvalue weighted by Gasteiger charge is 2.52. The lowest BCUT2D eigenvalue weighted by Crippen LogP contribution is -2.49. The zero-order chi connectivity index (χ0) is 12.3. The van der Waals surface area contributed by atoms with Crippen LogP contribution in [0.2, 0.25) is 0 Å². The fraction of sp³-hybridized carbons (Fsp3) is 0.933. The molecule has 2 saturated carbocycles. The number of hydrogen-bond donors (Lipinski definition) is 1. The molecule has 2 heterocycles. The van der Waals surface area contributed by atoms with Crippen molar-refractivity contribution in [3.63, 3.8) is 0 Å². The van der Waals surface area contributed by atoms with Gasteiger partial charge in [0, 0.05) is 31.1 Å². The average Bonchev–Trinajstić information content (AvgIpc) is 3.25. The summed E-state index contributed by atoms with van der Waals surface area (Å²) in [4.78, 5) is 14.6. The van der Waals surface area contributed by atoms with Crippen molar-refractivity contribution < 1.29 is 4.79 Å². The van der Waals surface area contributed by atoms with Gasteiger partial charge in [0.05, 0.1) is 0 Å². The van der Waals surface area contributed by atoms with Crippen molar-refractivity contribution in [2.24, 2.45) is 17.8 Å². The van der Waals surface area contributed by atoms with E-state index in [-0.39, 0.29) is 12.4 Å². The number of halogens is 1. The van der Waals surface area contributed by atoms with E-state index in [1.807, 2.05) is 0 Å². The Bertz CT molecular complexity index is 359. The van der Waals surface area contributed by atoms with Crippen molar-refractivity contribution in [3.8, 4) is 0 Å². The van der Waals surface area contributed by atoms with Crippen LogP contribution in [0.25, 0.3) is 0 Å². The summed E-state index contributed by atoms with van der Waals surface area (Å²) in [5, 5.41) is 3.66. The molecule has 4 fully saturated rings. The van der Waals surface area contributed by atoms with Gasteiger partial charge in [-0.05, 0) is 56.8 Å². The van der Waals surface area contributed by atoms with Crippen LogP contribution in [-0.4, -0.2) is 36.0 Å². The van der Waals surface area contributed by atoms with Crippen LogP contribution in [0.15, 0.2) is 0 Å². The van der Waals surface area contributed by atoms with Crippen molar-refractivity contribution in [1.29, 1.82) is 0 Å². The topological polar surface area (TPSA) is 32.3 Å². The van der Waals surface area contributed by atoms with Gasteiger partial charge in [-0.3, -0.25) is 4.79 Å². The van der Waals surface area contributed by atoms with Gasteiger partial charge in [0.25, 0.3) is 0 Å². The first kappa shape index (κ1) is 13.7. The molecule has 4 atom stereocenters. The number of rotatable bonds is 3. The maximum atomic E-state index is 12.5. The third kappa shape index (κ3) is 2.52. The highest BCUT2D eigenvalue weighted by atomic mass is 35.5. The van der Waals surface area contributed by atoms with Crippen molar-refractivity contribution in [3.05, 3.63) is 0 Å². The minimum atomic E-state index is 0. The van der Waals surface area contributed by atoms with Gasteiger partial charge in [-0.1, -0.05) is 0 Å². The lowest BCUT2D eigenvalue weighted by Gasteiger charge is -2.35. The molecule has 4 rings (SSSR count). The van der Waals surface area contributed by atoms with Crippen molar-refractivity contribution in [2.45, 2.75) is 63.1 Å². The average molecular weight is 285 g/mol. The number of nitrogens with zero attached hydrogens (tertiary/aromatic N) is 1. The summed E-state index contributed by atoms with van der Waals surface area (Å²) in [6.45, 7) is 0. The summed E-state index contributed by atoms with van der Waals surface area (Å²) in [6.07, 6.45) is 8.95. The summed E-state index contributed by atoms with van der Waals surface area (Å²) in [5.41, 5.74) is 0. The maximum Gasteiger partial charge on any atom is 0.225 e. The molecule has 0 radical (unpaired) electrons. The Morgan fingerprint density at radius 3 is 2.26 bits per heavy atom. The van der Waals surface area contributed by atoms with Gasteiger partial charge < -0.3 is 10.2 Å². The van der Waals surface area contributed by atoms with Gasteiger partial charge in [-0.15, -0.1) is 12.4 Å². The summed E-state index contributed by atoms with van der Waals surface area (Å²) >= 11 is 0. The number of amides is 1. The van der Waals surface area contributed by atoms with E-state index >= 15 is 0 Å². The lowest BCUT2D eigenvalue weighted by atomic mass is 9.98. The standard InChI is InChI=1S/C15H24N2O.ClH/c1-17(12-6-10-4-5-11(7-12)16-10)15(18)14-8-13(14)9-2-3-9;/h9-14,16H,2-8H2,1H3;1H. The molecule has 1 N–H and O–H groups in total. The SMILES string of the molecule is CN(C(=O)C1CC1C1CC1)C1CC2CCC(C1)N2.Cl. The van der Waals surface area contributed by atoms with Crippen LogP contribution < -0.4 is 5.32 Å². The van der Waals surface area contributed by atoms with E-state index < -0.39 is 0 Å². The molecule has 2 aliphatic heterocycles. The monoisotopic (exact) mass is 284 g/mol. The van der Waals surface area contributed by atoms with Gasteiger partial charge >= 0.3 is 0 Å². The van der Waals surface area contributed by atoms with Crippen LogP contribution in [0.5, 0.6) is 0 Å². The molecule has 4 unspecified atom stereocenters. The summed E-state index contributed by atoms with van der Waals surface area (Å²) in [5.74, 6) is 2.53. The zero-order valence-corrected chi connectivity index (χ0v) is 12.5. The number of hydrogen-bond acceptors (Lipinski definition) is 2. The fourth-order valence-corrected chi connectivity index (χ4v) is 4.33. The Balaban J connectivity index is 0.00000110. The molecule has 1 amide bonds. The third-order valence-electron chi connectivity index (χ3n) is 5.73. The Hall–Kier alpha value is -0.280. The van der Waals surface area contributed by atoms with E-state index in [1.165, 1.54) is 44.9 Å². The second-order valence-electron chi connectivity index (χ2n) is 7.06. The molecular formula is C15H25ClN2O. The Labute approximate surface area is 121 Å². The number of fused-ring (bicyclic) bond motifs is 2. The molecule has 19 heavy (non-hydrogen) atoms. The normalized spacial score (nSPS) is 43.5. The second kappa shape index (κ2) is 4.92. The molecule has 0 aromatic carbocycles. The lowest BCUT2D eigenvalue weighted by molar-refractivity contribution is -0.134. The Kier molecular flexibility index (Phi) is 3.55. The van der Waals surface area contributed by atoms with Crippen LogP contribution in [0, 0.1) is 17.8 Å².